The van der Waals surface area contributed by atoms with E-state index >= 15 is 0 Å². The van der Waals surface area contributed by atoms with Gasteiger partial charge in [0, 0.05) is 30.3 Å². The highest BCUT2D eigenvalue weighted by atomic mass is 35.5. The predicted octanol–water partition coefficient (Wildman–Crippen LogP) is 4.09. The zero-order valence-corrected chi connectivity index (χ0v) is 13.4. The molecular weight excluding hydrogens is 294 g/mol. The number of anilines is 3. The van der Waals surface area contributed by atoms with Gasteiger partial charge in [-0.25, -0.2) is 0 Å². The van der Waals surface area contributed by atoms with Gasteiger partial charge in [0.05, 0.1) is 17.4 Å². The number of benzene rings is 2. The summed E-state index contributed by atoms with van der Waals surface area (Å²) in [5, 5.41) is 0.784. The van der Waals surface area contributed by atoms with E-state index in [1.165, 1.54) is 22.6 Å². The van der Waals surface area contributed by atoms with Gasteiger partial charge in [0.1, 0.15) is 0 Å². The van der Waals surface area contributed by atoms with Crippen LogP contribution in [0.15, 0.2) is 42.5 Å². The first-order chi connectivity index (χ1) is 10.6. The smallest absolute Gasteiger partial charge is 0.0647 e. The van der Waals surface area contributed by atoms with Gasteiger partial charge in [-0.15, -0.1) is 0 Å². The lowest BCUT2D eigenvalue weighted by Gasteiger charge is -2.39. The van der Waals surface area contributed by atoms with Gasteiger partial charge in [0.15, 0.2) is 0 Å². The van der Waals surface area contributed by atoms with Crippen LogP contribution >= 0.6 is 11.6 Å². The van der Waals surface area contributed by atoms with Crippen molar-refractivity contribution in [3.63, 3.8) is 0 Å². The molecule has 4 rings (SSSR count). The highest BCUT2D eigenvalue weighted by molar-refractivity contribution is 6.31. The third-order valence-corrected chi connectivity index (χ3v) is 5.14. The summed E-state index contributed by atoms with van der Waals surface area (Å²) in [4.78, 5) is 4.75. The van der Waals surface area contributed by atoms with Gasteiger partial charge in [-0.05, 0) is 42.7 Å². The molecule has 2 N–H and O–H groups in total. The molecule has 2 aromatic carbocycles. The lowest BCUT2D eigenvalue weighted by molar-refractivity contribution is 0.421. The fraction of sp³-hybridized carbons (Fsp3) is 0.333. The molecule has 0 spiro atoms. The Labute approximate surface area is 136 Å². The maximum atomic E-state index is 6.28. The molecule has 0 saturated carbocycles. The molecule has 0 radical (unpaired) electrons. The number of nitrogens with two attached hydrogens (primary N) is 1. The molecule has 3 nitrogen and oxygen atoms in total. The van der Waals surface area contributed by atoms with E-state index in [0.717, 1.165) is 24.4 Å². The summed E-state index contributed by atoms with van der Waals surface area (Å²) in [6, 6.07) is 15.4. The summed E-state index contributed by atoms with van der Waals surface area (Å²) >= 11 is 6.28. The van der Waals surface area contributed by atoms with Crippen LogP contribution in [0.2, 0.25) is 5.02 Å². The largest absolute Gasteiger partial charge is 0.363 e. The molecule has 1 fully saturated rings. The van der Waals surface area contributed by atoms with Crippen LogP contribution in [0.4, 0.5) is 17.1 Å². The van der Waals surface area contributed by atoms with Crippen molar-refractivity contribution >= 4 is 28.7 Å². The Kier molecular flexibility index (Phi) is 3.28. The minimum Gasteiger partial charge on any atom is -0.363 e. The zero-order chi connectivity index (χ0) is 15.3. The van der Waals surface area contributed by atoms with E-state index in [2.05, 4.69) is 53.2 Å². The molecule has 1 saturated heterocycles. The zero-order valence-electron chi connectivity index (χ0n) is 12.7. The van der Waals surface area contributed by atoms with E-state index in [0.29, 0.717) is 6.04 Å². The second kappa shape index (κ2) is 5.18. The van der Waals surface area contributed by atoms with E-state index < -0.39 is 0 Å². The van der Waals surface area contributed by atoms with E-state index in [9.17, 15) is 0 Å². The molecule has 2 heterocycles. The van der Waals surface area contributed by atoms with Gasteiger partial charge >= 0.3 is 0 Å². The maximum Gasteiger partial charge on any atom is 0.0647 e. The summed E-state index contributed by atoms with van der Waals surface area (Å²) in [6.45, 7) is 0.974. The normalized spacial score (nSPS) is 23.4. The number of hydrogen-bond donors (Lipinski definition) is 1. The number of nitrogens with zero attached hydrogens (tertiary/aromatic N) is 2. The van der Waals surface area contributed by atoms with Crippen molar-refractivity contribution in [3.05, 3.63) is 53.1 Å². The number of fused-ring (bicyclic) bond motifs is 5. The molecule has 0 aromatic heterocycles. The van der Waals surface area contributed by atoms with Crippen LogP contribution in [0.3, 0.4) is 0 Å². The quantitative estimate of drug-likeness (QED) is 0.795. The van der Waals surface area contributed by atoms with Gasteiger partial charge in [0.2, 0.25) is 0 Å². The highest BCUT2D eigenvalue weighted by Gasteiger charge is 2.34. The lowest BCUT2D eigenvalue weighted by Crippen LogP contribution is -2.41. The van der Waals surface area contributed by atoms with E-state index in [-0.39, 0.29) is 6.04 Å². The summed E-state index contributed by atoms with van der Waals surface area (Å²) in [5.74, 6) is 0. The van der Waals surface area contributed by atoms with Crippen molar-refractivity contribution in [3.8, 4) is 0 Å². The second-order valence-electron chi connectivity index (χ2n) is 6.24. The third-order valence-electron chi connectivity index (χ3n) is 4.91. The fourth-order valence-electron chi connectivity index (χ4n) is 3.79. The van der Waals surface area contributed by atoms with Crippen molar-refractivity contribution in [2.45, 2.75) is 24.9 Å². The van der Waals surface area contributed by atoms with Crippen LogP contribution in [0.1, 0.15) is 24.4 Å². The van der Waals surface area contributed by atoms with Gasteiger partial charge in [-0.2, -0.15) is 0 Å². The standard InChI is InChI=1S/C18H20ClN3/c1-21-15-5-3-2-4-14(15)17-11-13(20)8-9-22(17)18-10-12(19)6-7-16(18)21/h2-7,10,13,17H,8-9,11,20H2,1H3. The Hall–Kier alpha value is -1.71. The van der Waals surface area contributed by atoms with Gasteiger partial charge in [-0.1, -0.05) is 29.8 Å². The van der Waals surface area contributed by atoms with E-state index in [1.807, 2.05) is 6.07 Å². The summed E-state index contributed by atoms with van der Waals surface area (Å²) in [5.41, 5.74) is 11.3. The number of hydrogen-bond acceptors (Lipinski definition) is 3. The monoisotopic (exact) mass is 313 g/mol. The molecule has 0 amide bonds. The van der Waals surface area contributed by atoms with Crippen LogP contribution < -0.4 is 15.5 Å². The first-order valence-corrected chi connectivity index (χ1v) is 8.17. The molecule has 0 aliphatic carbocycles. The van der Waals surface area contributed by atoms with Crippen LogP contribution in [0.25, 0.3) is 0 Å². The number of para-hydroxylation sites is 1. The van der Waals surface area contributed by atoms with E-state index in [1.54, 1.807) is 0 Å². The van der Waals surface area contributed by atoms with E-state index in [4.69, 9.17) is 17.3 Å². The predicted molar refractivity (Wildman–Crippen MR) is 93.3 cm³/mol. The SMILES string of the molecule is CN1c2ccccc2C2CC(N)CCN2c2cc(Cl)ccc21. The topological polar surface area (TPSA) is 32.5 Å². The van der Waals surface area contributed by atoms with Crippen LogP contribution in [-0.2, 0) is 0 Å². The first kappa shape index (κ1) is 13.9. The van der Waals surface area contributed by atoms with Crippen molar-refractivity contribution < 1.29 is 0 Å². The molecule has 0 bridgehead atoms. The Balaban J connectivity index is 1.96. The average molecular weight is 314 g/mol. The number of rotatable bonds is 0. The molecule has 2 aliphatic rings. The number of piperidine rings is 1. The van der Waals surface area contributed by atoms with Crippen LogP contribution in [0.5, 0.6) is 0 Å². The summed E-state index contributed by atoms with van der Waals surface area (Å²) in [6.07, 6.45) is 2.01. The minimum atomic E-state index is 0.264. The van der Waals surface area contributed by atoms with Crippen molar-refractivity contribution in [2.24, 2.45) is 5.73 Å². The molecule has 2 unspecified atom stereocenters. The van der Waals surface area contributed by atoms with Gasteiger partial charge in [-0.3, -0.25) is 0 Å². The molecule has 114 valence electrons. The van der Waals surface area contributed by atoms with Gasteiger partial charge < -0.3 is 15.5 Å². The Morgan fingerprint density at radius 2 is 1.91 bits per heavy atom. The summed E-state index contributed by atoms with van der Waals surface area (Å²) < 4.78 is 0. The molecule has 2 aliphatic heterocycles. The average Bonchev–Trinajstić information content (AvgIpc) is 2.62. The molecule has 22 heavy (non-hydrogen) atoms. The van der Waals surface area contributed by atoms with Crippen molar-refractivity contribution in [1.82, 2.24) is 0 Å². The highest BCUT2D eigenvalue weighted by Crippen LogP contribution is 2.48. The maximum absolute atomic E-state index is 6.28. The summed E-state index contributed by atoms with van der Waals surface area (Å²) in [7, 11) is 2.13. The third kappa shape index (κ3) is 2.08. The minimum absolute atomic E-state index is 0.264. The Bertz CT molecular complexity index is 715. The van der Waals surface area contributed by atoms with Crippen molar-refractivity contribution in [1.29, 1.82) is 0 Å². The second-order valence-corrected chi connectivity index (χ2v) is 6.68. The Morgan fingerprint density at radius 3 is 2.77 bits per heavy atom. The van der Waals surface area contributed by atoms with Crippen molar-refractivity contribution in [2.75, 3.05) is 23.4 Å². The Morgan fingerprint density at radius 1 is 1.09 bits per heavy atom. The van der Waals surface area contributed by atoms with Crippen LogP contribution in [0, 0.1) is 0 Å². The first-order valence-electron chi connectivity index (χ1n) is 7.79. The number of halogens is 1. The molecule has 2 aromatic rings. The molecule has 2 atom stereocenters. The molecular formula is C18H20ClN3. The van der Waals surface area contributed by atoms with Gasteiger partial charge in [0.25, 0.3) is 0 Å². The van der Waals surface area contributed by atoms with Crippen LogP contribution in [-0.4, -0.2) is 19.6 Å². The molecule has 4 heteroatoms. The fourth-order valence-corrected chi connectivity index (χ4v) is 3.96. The lowest BCUT2D eigenvalue weighted by atomic mass is 9.91.